The average Bonchev–Trinajstić information content (AvgIpc) is 2.45. The van der Waals surface area contributed by atoms with E-state index in [2.05, 4.69) is 21.6 Å². The molecule has 0 spiro atoms. The molecule has 0 atom stereocenters. The highest BCUT2D eigenvalue weighted by molar-refractivity contribution is 6.30. The molecule has 0 radical (unpaired) electrons. The summed E-state index contributed by atoms with van der Waals surface area (Å²) < 4.78 is 4.54. The first-order valence-electron chi connectivity index (χ1n) is 4.12. The predicted molar refractivity (Wildman–Crippen MR) is 48.9 cm³/mol. The monoisotopic (exact) mass is 202 g/mol. The van der Waals surface area contributed by atoms with E-state index in [0.717, 1.165) is 25.1 Å². The molecule has 0 aliphatic rings. The van der Waals surface area contributed by atoms with Gasteiger partial charge in [-0.05, 0) is 6.42 Å². The van der Waals surface area contributed by atoms with Crippen molar-refractivity contribution >= 4 is 18.1 Å². The molecule has 13 heavy (non-hydrogen) atoms. The third-order valence-corrected chi connectivity index (χ3v) is 1.86. The minimum Gasteiger partial charge on any atom is -0.406 e. The lowest BCUT2D eigenvalue weighted by molar-refractivity contribution is -0.120. The SMILES string of the molecule is CCCCc1nc(OC=O)c(Cl)[nH]1. The third kappa shape index (κ3) is 2.73. The molecule has 0 unspecified atom stereocenters. The Hall–Kier alpha value is -1.03. The molecule has 72 valence electrons. The number of rotatable bonds is 5. The molecule has 1 aromatic rings. The Bertz CT molecular complexity index is 286. The van der Waals surface area contributed by atoms with E-state index < -0.39 is 0 Å². The summed E-state index contributed by atoms with van der Waals surface area (Å²) in [6.45, 7) is 2.40. The number of H-pyrrole nitrogens is 1. The van der Waals surface area contributed by atoms with Crippen LogP contribution in [0.25, 0.3) is 0 Å². The van der Waals surface area contributed by atoms with E-state index in [-0.39, 0.29) is 11.0 Å². The third-order valence-electron chi connectivity index (χ3n) is 1.61. The maximum Gasteiger partial charge on any atom is 0.299 e. The highest BCUT2D eigenvalue weighted by atomic mass is 35.5. The molecule has 0 saturated carbocycles. The van der Waals surface area contributed by atoms with Crippen LogP contribution in [0.1, 0.15) is 25.6 Å². The van der Waals surface area contributed by atoms with Crippen LogP contribution in [0.2, 0.25) is 5.15 Å². The van der Waals surface area contributed by atoms with Crippen molar-refractivity contribution in [2.24, 2.45) is 0 Å². The number of ether oxygens (including phenoxy) is 1. The standard InChI is InChI=1S/C8H11ClN2O2/c1-2-3-4-6-10-7(9)8(11-6)13-5-12/h5H,2-4H2,1H3,(H,10,11). The maximum absolute atomic E-state index is 10.0. The quantitative estimate of drug-likeness (QED) is 0.743. The zero-order valence-corrected chi connectivity index (χ0v) is 8.10. The second kappa shape index (κ2) is 4.87. The van der Waals surface area contributed by atoms with E-state index in [9.17, 15) is 4.79 Å². The van der Waals surface area contributed by atoms with E-state index in [1.165, 1.54) is 0 Å². The van der Waals surface area contributed by atoms with Gasteiger partial charge in [-0.15, -0.1) is 0 Å². The summed E-state index contributed by atoms with van der Waals surface area (Å²) in [5.74, 6) is 0.909. The minimum absolute atomic E-state index is 0.155. The molecule has 0 aromatic carbocycles. The maximum atomic E-state index is 10.0. The lowest BCUT2D eigenvalue weighted by Gasteiger charge is -1.91. The second-order valence-electron chi connectivity index (χ2n) is 2.62. The van der Waals surface area contributed by atoms with E-state index in [1.54, 1.807) is 0 Å². The van der Waals surface area contributed by atoms with Gasteiger partial charge in [-0.1, -0.05) is 24.9 Å². The van der Waals surface area contributed by atoms with Gasteiger partial charge in [-0.25, -0.2) is 0 Å². The normalized spacial score (nSPS) is 10.0. The molecule has 0 fully saturated rings. The molecule has 0 aliphatic heterocycles. The molecule has 0 bridgehead atoms. The predicted octanol–water partition coefficient (Wildman–Crippen LogP) is 1.94. The number of hydrogen-bond donors (Lipinski definition) is 1. The van der Waals surface area contributed by atoms with Gasteiger partial charge in [-0.3, -0.25) is 4.79 Å². The Labute approximate surface area is 81.3 Å². The van der Waals surface area contributed by atoms with Gasteiger partial charge in [0.2, 0.25) is 0 Å². The second-order valence-corrected chi connectivity index (χ2v) is 3.00. The van der Waals surface area contributed by atoms with Gasteiger partial charge < -0.3 is 9.72 Å². The number of unbranched alkanes of at least 4 members (excludes halogenated alkanes) is 1. The van der Waals surface area contributed by atoms with Crippen LogP contribution in [0.4, 0.5) is 0 Å². The van der Waals surface area contributed by atoms with Gasteiger partial charge in [0.1, 0.15) is 5.82 Å². The number of carbonyl (C=O) groups excluding carboxylic acids is 1. The molecular formula is C8H11ClN2O2. The van der Waals surface area contributed by atoms with Crippen molar-refractivity contribution in [2.75, 3.05) is 0 Å². The molecule has 1 N–H and O–H groups in total. The van der Waals surface area contributed by atoms with Crippen molar-refractivity contribution < 1.29 is 9.53 Å². The van der Waals surface area contributed by atoms with Crippen LogP contribution in [-0.2, 0) is 11.2 Å². The highest BCUT2D eigenvalue weighted by Crippen LogP contribution is 2.20. The number of aromatic nitrogens is 2. The average molecular weight is 203 g/mol. The van der Waals surface area contributed by atoms with Gasteiger partial charge in [0, 0.05) is 6.42 Å². The molecule has 1 heterocycles. The summed E-state index contributed by atoms with van der Waals surface area (Å²) in [6, 6.07) is 0. The van der Waals surface area contributed by atoms with Crippen LogP contribution in [0.15, 0.2) is 0 Å². The Morgan fingerprint density at radius 1 is 1.69 bits per heavy atom. The Kier molecular flexibility index (Phi) is 3.76. The summed E-state index contributed by atoms with van der Waals surface area (Å²) in [4.78, 5) is 16.8. The highest BCUT2D eigenvalue weighted by Gasteiger charge is 2.08. The van der Waals surface area contributed by atoms with Crippen molar-refractivity contribution in [3.8, 4) is 5.88 Å². The first-order chi connectivity index (χ1) is 6.27. The van der Waals surface area contributed by atoms with E-state index in [0.29, 0.717) is 6.47 Å². The summed E-state index contributed by atoms with van der Waals surface area (Å²) in [7, 11) is 0. The van der Waals surface area contributed by atoms with Crippen LogP contribution in [-0.4, -0.2) is 16.4 Å². The Balaban J connectivity index is 2.64. The van der Waals surface area contributed by atoms with Crippen molar-refractivity contribution in [1.29, 1.82) is 0 Å². The van der Waals surface area contributed by atoms with Crippen molar-refractivity contribution in [3.05, 3.63) is 11.0 Å². The smallest absolute Gasteiger partial charge is 0.299 e. The number of imidazole rings is 1. The minimum atomic E-state index is 0.155. The fourth-order valence-corrected chi connectivity index (χ4v) is 1.16. The molecule has 5 heteroatoms. The molecular weight excluding hydrogens is 192 g/mol. The number of aromatic amines is 1. The molecule has 1 rings (SSSR count). The fraction of sp³-hybridized carbons (Fsp3) is 0.500. The first-order valence-corrected chi connectivity index (χ1v) is 4.50. The van der Waals surface area contributed by atoms with E-state index in [1.807, 2.05) is 0 Å². The van der Waals surface area contributed by atoms with E-state index in [4.69, 9.17) is 11.6 Å². The Morgan fingerprint density at radius 3 is 3.08 bits per heavy atom. The van der Waals surface area contributed by atoms with Crippen LogP contribution in [0, 0.1) is 0 Å². The van der Waals surface area contributed by atoms with Crippen molar-refractivity contribution in [3.63, 3.8) is 0 Å². The van der Waals surface area contributed by atoms with Crippen LogP contribution in [0.3, 0.4) is 0 Å². The molecule has 1 aromatic heterocycles. The lowest BCUT2D eigenvalue weighted by Crippen LogP contribution is -1.90. The largest absolute Gasteiger partial charge is 0.406 e. The summed E-state index contributed by atoms with van der Waals surface area (Å²) >= 11 is 5.70. The zero-order valence-electron chi connectivity index (χ0n) is 7.34. The van der Waals surface area contributed by atoms with E-state index >= 15 is 0 Å². The number of aryl methyl sites for hydroxylation is 1. The topological polar surface area (TPSA) is 55.0 Å². The summed E-state index contributed by atoms with van der Waals surface area (Å²) in [6.07, 6.45) is 2.94. The number of carbonyl (C=O) groups is 1. The first kappa shape index (κ1) is 10.1. The summed E-state index contributed by atoms with van der Waals surface area (Å²) in [5, 5.41) is 0.276. The number of nitrogens with one attached hydrogen (secondary N) is 1. The molecule has 4 nitrogen and oxygen atoms in total. The molecule has 0 amide bonds. The number of hydrogen-bond acceptors (Lipinski definition) is 3. The van der Waals surface area contributed by atoms with Gasteiger partial charge in [0.15, 0.2) is 5.15 Å². The fourth-order valence-electron chi connectivity index (χ4n) is 0.966. The number of nitrogens with zero attached hydrogens (tertiary/aromatic N) is 1. The molecule has 0 aliphatic carbocycles. The van der Waals surface area contributed by atoms with Crippen LogP contribution in [0.5, 0.6) is 5.88 Å². The van der Waals surface area contributed by atoms with Crippen LogP contribution < -0.4 is 4.74 Å². The molecule has 0 saturated heterocycles. The van der Waals surface area contributed by atoms with Crippen molar-refractivity contribution in [1.82, 2.24) is 9.97 Å². The summed E-state index contributed by atoms with van der Waals surface area (Å²) in [5.41, 5.74) is 0. The van der Waals surface area contributed by atoms with Gasteiger partial charge in [0.25, 0.3) is 12.4 Å². The van der Waals surface area contributed by atoms with Gasteiger partial charge >= 0.3 is 0 Å². The zero-order chi connectivity index (χ0) is 9.68. The van der Waals surface area contributed by atoms with Crippen molar-refractivity contribution in [2.45, 2.75) is 26.2 Å². The Morgan fingerprint density at radius 2 is 2.46 bits per heavy atom. The van der Waals surface area contributed by atoms with Gasteiger partial charge in [-0.2, -0.15) is 4.98 Å². The van der Waals surface area contributed by atoms with Gasteiger partial charge in [0.05, 0.1) is 0 Å². The lowest BCUT2D eigenvalue weighted by atomic mass is 10.2. The number of halogens is 1. The van der Waals surface area contributed by atoms with Crippen LogP contribution >= 0.6 is 11.6 Å².